The number of hydrogen-bond acceptors (Lipinski definition) is 3. The number of amides is 1. The summed E-state index contributed by atoms with van der Waals surface area (Å²) in [7, 11) is 0. The molecule has 4 heteroatoms. The summed E-state index contributed by atoms with van der Waals surface area (Å²) in [4.78, 5) is 12.2. The van der Waals surface area contributed by atoms with Gasteiger partial charge in [-0.05, 0) is 38.8 Å². The van der Waals surface area contributed by atoms with Crippen molar-refractivity contribution in [2.45, 2.75) is 58.6 Å². The fourth-order valence-corrected chi connectivity index (χ4v) is 3.42. The lowest BCUT2D eigenvalue weighted by atomic mass is 10.1. The highest BCUT2D eigenvalue weighted by atomic mass is 16.5. The lowest BCUT2D eigenvalue weighted by molar-refractivity contribution is -0.124. The molecule has 120 valence electrons. The zero-order chi connectivity index (χ0) is 15.5. The minimum Gasteiger partial charge on any atom is -0.494 e. The first-order chi connectivity index (χ1) is 10.7. The molecular weight excluding hydrogens is 278 g/mol. The van der Waals surface area contributed by atoms with E-state index in [9.17, 15) is 4.79 Å². The highest BCUT2D eigenvalue weighted by Crippen LogP contribution is 2.35. The van der Waals surface area contributed by atoms with Crippen LogP contribution in [0, 0.1) is 5.92 Å². The lowest BCUT2D eigenvalue weighted by Crippen LogP contribution is -2.28. The van der Waals surface area contributed by atoms with Gasteiger partial charge in [-0.2, -0.15) is 0 Å². The van der Waals surface area contributed by atoms with E-state index in [1.807, 2.05) is 13.0 Å². The standard InChI is InChI=1S/C18H25NO3/c1-3-21-16-9-14-8-12(2)22-17(14)10-15(16)11-19-18(20)13-6-4-5-7-13/h9-10,12-13H,3-8,11H2,1-2H3,(H,19,20)/t12-/m0/s1. The molecule has 0 spiro atoms. The molecule has 1 N–H and O–H groups in total. The monoisotopic (exact) mass is 303 g/mol. The summed E-state index contributed by atoms with van der Waals surface area (Å²) in [5.41, 5.74) is 2.20. The maximum absolute atomic E-state index is 12.2. The molecule has 1 aliphatic heterocycles. The highest BCUT2D eigenvalue weighted by Gasteiger charge is 2.24. The Labute approximate surface area is 132 Å². The van der Waals surface area contributed by atoms with E-state index in [1.165, 1.54) is 18.4 Å². The van der Waals surface area contributed by atoms with Crippen molar-refractivity contribution in [1.29, 1.82) is 0 Å². The van der Waals surface area contributed by atoms with Gasteiger partial charge in [-0.3, -0.25) is 4.79 Å². The zero-order valence-corrected chi connectivity index (χ0v) is 13.5. The quantitative estimate of drug-likeness (QED) is 0.908. The number of carbonyl (C=O) groups is 1. The van der Waals surface area contributed by atoms with Crippen LogP contribution in [0.15, 0.2) is 12.1 Å². The van der Waals surface area contributed by atoms with E-state index in [0.29, 0.717) is 13.2 Å². The van der Waals surface area contributed by atoms with Crippen LogP contribution in [0.5, 0.6) is 11.5 Å². The molecule has 2 aliphatic rings. The molecule has 1 aromatic rings. The average molecular weight is 303 g/mol. The second-order valence-corrected chi connectivity index (χ2v) is 6.33. The van der Waals surface area contributed by atoms with Gasteiger partial charge in [-0.15, -0.1) is 0 Å². The number of ether oxygens (including phenoxy) is 2. The molecule has 0 bridgehead atoms. The first-order valence-electron chi connectivity index (χ1n) is 8.40. The second kappa shape index (κ2) is 6.59. The van der Waals surface area contributed by atoms with Crippen LogP contribution in [-0.2, 0) is 17.8 Å². The van der Waals surface area contributed by atoms with Gasteiger partial charge in [0.1, 0.15) is 17.6 Å². The minimum absolute atomic E-state index is 0.176. The van der Waals surface area contributed by atoms with E-state index >= 15 is 0 Å². The lowest BCUT2D eigenvalue weighted by Gasteiger charge is -2.15. The van der Waals surface area contributed by atoms with Crippen LogP contribution in [0.25, 0.3) is 0 Å². The van der Waals surface area contributed by atoms with Gasteiger partial charge in [-0.25, -0.2) is 0 Å². The molecule has 1 fully saturated rings. The van der Waals surface area contributed by atoms with Gasteiger partial charge in [0.05, 0.1) is 6.61 Å². The van der Waals surface area contributed by atoms with E-state index in [-0.39, 0.29) is 17.9 Å². The van der Waals surface area contributed by atoms with Crippen LogP contribution in [0.2, 0.25) is 0 Å². The van der Waals surface area contributed by atoms with Crippen LogP contribution in [0.1, 0.15) is 50.7 Å². The number of fused-ring (bicyclic) bond motifs is 1. The molecule has 0 radical (unpaired) electrons. The van der Waals surface area contributed by atoms with Crippen molar-refractivity contribution in [2.75, 3.05) is 6.61 Å². The number of benzene rings is 1. The van der Waals surface area contributed by atoms with Crippen molar-refractivity contribution in [3.63, 3.8) is 0 Å². The molecular formula is C18H25NO3. The topological polar surface area (TPSA) is 47.6 Å². The largest absolute Gasteiger partial charge is 0.494 e. The van der Waals surface area contributed by atoms with Crippen molar-refractivity contribution in [1.82, 2.24) is 5.32 Å². The van der Waals surface area contributed by atoms with Crippen molar-refractivity contribution in [3.05, 3.63) is 23.3 Å². The summed E-state index contributed by atoms with van der Waals surface area (Å²) in [5.74, 6) is 2.17. The molecule has 1 aliphatic carbocycles. The van der Waals surface area contributed by atoms with Crippen molar-refractivity contribution >= 4 is 5.91 Å². The Bertz CT molecular complexity index is 550. The molecule has 0 saturated heterocycles. The minimum atomic E-state index is 0.176. The van der Waals surface area contributed by atoms with Gasteiger partial charge >= 0.3 is 0 Å². The summed E-state index contributed by atoms with van der Waals surface area (Å²) in [5, 5.41) is 3.07. The summed E-state index contributed by atoms with van der Waals surface area (Å²) in [6, 6.07) is 4.10. The average Bonchev–Trinajstić information content (AvgIpc) is 3.13. The fraction of sp³-hybridized carbons (Fsp3) is 0.611. The van der Waals surface area contributed by atoms with Crippen LogP contribution in [0.4, 0.5) is 0 Å². The molecule has 1 saturated carbocycles. The Morgan fingerprint density at radius 1 is 1.36 bits per heavy atom. The number of nitrogens with one attached hydrogen (secondary N) is 1. The maximum atomic E-state index is 12.2. The predicted octanol–water partition coefficient (Wildman–Crippen LogP) is 3.22. The van der Waals surface area contributed by atoms with Gasteiger partial charge in [-0.1, -0.05) is 12.8 Å². The third-order valence-corrected chi connectivity index (χ3v) is 4.56. The molecule has 1 amide bonds. The number of carbonyl (C=O) groups excluding carboxylic acids is 1. The van der Waals surface area contributed by atoms with Crippen molar-refractivity contribution in [2.24, 2.45) is 5.92 Å². The smallest absolute Gasteiger partial charge is 0.223 e. The van der Waals surface area contributed by atoms with Gasteiger partial charge < -0.3 is 14.8 Å². The van der Waals surface area contributed by atoms with Crippen molar-refractivity contribution in [3.8, 4) is 11.5 Å². The van der Waals surface area contributed by atoms with E-state index < -0.39 is 0 Å². The van der Waals surface area contributed by atoms with Gasteiger partial charge in [0.2, 0.25) is 5.91 Å². The van der Waals surface area contributed by atoms with Crippen LogP contribution in [-0.4, -0.2) is 18.6 Å². The van der Waals surface area contributed by atoms with E-state index in [2.05, 4.69) is 18.3 Å². The van der Waals surface area contributed by atoms with E-state index in [0.717, 1.165) is 36.3 Å². The van der Waals surface area contributed by atoms with Crippen LogP contribution >= 0.6 is 0 Å². The predicted molar refractivity (Wildman–Crippen MR) is 85.2 cm³/mol. The SMILES string of the molecule is CCOc1cc2c(cc1CNC(=O)C1CCCC1)O[C@@H](C)C2. The highest BCUT2D eigenvalue weighted by molar-refractivity contribution is 5.78. The van der Waals surface area contributed by atoms with Crippen molar-refractivity contribution < 1.29 is 14.3 Å². The van der Waals surface area contributed by atoms with Crippen LogP contribution in [0.3, 0.4) is 0 Å². The molecule has 0 aromatic heterocycles. The molecule has 0 unspecified atom stereocenters. The summed E-state index contributed by atoms with van der Waals surface area (Å²) in [6.45, 7) is 5.18. The van der Waals surface area contributed by atoms with E-state index in [4.69, 9.17) is 9.47 Å². The second-order valence-electron chi connectivity index (χ2n) is 6.33. The molecule has 4 nitrogen and oxygen atoms in total. The maximum Gasteiger partial charge on any atom is 0.223 e. The molecule has 1 heterocycles. The molecule has 3 rings (SSSR count). The Morgan fingerprint density at radius 2 is 2.14 bits per heavy atom. The van der Waals surface area contributed by atoms with E-state index in [1.54, 1.807) is 0 Å². The van der Waals surface area contributed by atoms with Crippen LogP contribution < -0.4 is 14.8 Å². The number of hydrogen-bond donors (Lipinski definition) is 1. The van der Waals surface area contributed by atoms with Gasteiger partial charge in [0.15, 0.2) is 0 Å². The third-order valence-electron chi connectivity index (χ3n) is 4.56. The summed E-state index contributed by atoms with van der Waals surface area (Å²) in [6.07, 6.45) is 5.53. The fourth-order valence-electron chi connectivity index (χ4n) is 3.42. The zero-order valence-electron chi connectivity index (χ0n) is 13.5. The first kappa shape index (κ1) is 15.2. The summed E-state index contributed by atoms with van der Waals surface area (Å²) < 4.78 is 11.6. The van der Waals surface area contributed by atoms with Gasteiger partial charge in [0.25, 0.3) is 0 Å². The first-order valence-corrected chi connectivity index (χ1v) is 8.40. The molecule has 1 aromatic carbocycles. The van der Waals surface area contributed by atoms with Gasteiger partial charge in [0, 0.05) is 30.0 Å². The third kappa shape index (κ3) is 3.21. The molecule has 1 atom stereocenters. The summed E-state index contributed by atoms with van der Waals surface area (Å²) >= 11 is 0. The molecule has 22 heavy (non-hydrogen) atoms. The number of rotatable bonds is 5. The Hall–Kier alpha value is -1.71. The Kier molecular flexibility index (Phi) is 4.55. The Morgan fingerprint density at radius 3 is 2.86 bits per heavy atom. The normalized spacial score (nSPS) is 20.5. The Balaban J connectivity index is 1.71.